The molecule has 2 aliphatic rings. The molecule has 6 heteroatoms. The summed E-state index contributed by atoms with van der Waals surface area (Å²) >= 11 is 0. The summed E-state index contributed by atoms with van der Waals surface area (Å²) < 4.78 is 2.08. The third-order valence-electron chi connectivity index (χ3n) is 6.42. The van der Waals surface area contributed by atoms with Gasteiger partial charge in [-0.3, -0.25) is 9.36 Å². The summed E-state index contributed by atoms with van der Waals surface area (Å²) in [5.74, 6) is 1.16. The lowest BCUT2D eigenvalue weighted by Crippen LogP contribution is -2.45. The number of aromatic nitrogens is 2. The van der Waals surface area contributed by atoms with Gasteiger partial charge in [0.25, 0.3) is 0 Å². The maximum absolute atomic E-state index is 12.6. The van der Waals surface area contributed by atoms with Crippen molar-refractivity contribution in [2.45, 2.75) is 31.8 Å². The van der Waals surface area contributed by atoms with Crippen molar-refractivity contribution in [2.75, 3.05) is 0 Å². The van der Waals surface area contributed by atoms with E-state index in [1.807, 2.05) is 24.5 Å². The molecule has 2 saturated carbocycles. The molecule has 0 aliphatic heterocycles. The Morgan fingerprint density at radius 1 is 1.11 bits per heavy atom. The topological polar surface area (TPSA) is 72.9 Å². The number of amides is 1. The number of halogens is 1. The molecule has 5 rings (SSSR count). The lowest BCUT2D eigenvalue weighted by molar-refractivity contribution is -0.127. The average molecular weight is 397 g/mol. The molecule has 0 radical (unpaired) electrons. The van der Waals surface area contributed by atoms with E-state index in [2.05, 4.69) is 45.2 Å². The zero-order chi connectivity index (χ0) is 18.4. The number of hydrogen-bond acceptors (Lipinski definition) is 3. The van der Waals surface area contributed by atoms with Crippen molar-refractivity contribution in [3.8, 4) is 5.69 Å². The maximum atomic E-state index is 12.6. The lowest BCUT2D eigenvalue weighted by Gasteiger charge is -2.27. The summed E-state index contributed by atoms with van der Waals surface area (Å²) in [6.45, 7) is 0.546. The summed E-state index contributed by atoms with van der Waals surface area (Å²) in [5.41, 5.74) is 10.5. The standard InChI is InChI=1S/C22H24N4O.ClH/c23-21-16-8-7-15(11-16)20(21)22(27)24-12-14-5-9-17(10-6-14)26-13-25-18-3-1-2-4-19(18)26;/h1-6,9-10,13,15-16,20-21H,7-8,11-12,23H2,(H,24,27);1H. The normalized spacial score (nSPS) is 25.6. The van der Waals surface area contributed by atoms with Crippen molar-refractivity contribution in [3.63, 3.8) is 0 Å². The number of carbonyl (C=O) groups is 1. The van der Waals surface area contributed by atoms with Crippen LogP contribution >= 0.6 is 12.4 Å². The molecule has 4 atom stereocenters. The SMILES string of the molecule is Cl.NC1C2CCC(C2)C1C(=O)NCc1ccc(-n2cnc3ccccc32)cc1. The predicted octanol–water partition coefficient (Wildman–Crippen LogP) is 3.44. The first-order valence-corrected chi connectivity index (χ1v) is 9.75. The molecular weight excluding hydrogens is 372 g/mol. The molecular formula is C22H25ClN4O. The number of para-hydroxylation sites is 2. The highest BCUT2D eigenvalue weighted by Crippen LogP contribution is 2.47. The quantitative estimate of drug-likeness (QED) is 0.709. The molecule has 3 N–H and O–H groups in total. The van der Waals surface area contributed by atoms with E-state index in [-0.39, 0.29) is 30.3 Å². The number of hydrogen-bond donors (Lipinski definition) is 2. The van der Waals surface area contributed by atoms with Gasteiger partial charge in [0.15, 0.2) is 0 Å². The molecule has 2 aromatic carbocycles. The smallest absolute Gasteiger partial charge is 0.225 e. The van der Waals surface area contributed by atoms with E-state index in [0.29, 0.717) is 18.4 Å². The van der Waals surface area contributed by atoms with E-state index in [1.54, 1.807) is 0 Å². The Morgan fingerprint density at radius 2 is 1.86 bits per heavy atom. The summed E-state index contributed by atoms with van der Waals surface area (Å²) in [4.78, 5) is 17.1. The molecule has 2 fully saturated rings. The summed E-state index contributed by atoms with van der Waals surface area (Å²) in [7, 11) is 0. The molecule has 2 bridgehead atoms. The summed E-state index contributed by atoms with van der Waals surface area (Å²) in [6.07, 6.45) is 5.33. The number of nitrogens with one attached hydrogen (secondary N) is 1. The number of imidazole rings is 1. The van der Waals surface area contributed by atoms with Gasteiger partial charge in [0.1, 0.15) is 6.33 Å². The van der Waals surface area contributed by atoms with Crippen molar-refractivity contribution < 1.29 is 4.79 Å². The first kappa shape index (κ1) is 19.0. The number of nitrogens with zero attached hydrogens (tertiary/aromatic N) is 2. The van der Waals surface area contributed by atoms with Crippen molar-refractivity contribution >= 4 is 29.3 Å². The fourth-order valence-electron chi connectivity index (χ4n) is 4.97. The van der Waals surface area contributed by atoms with Crippen molar-refractivity contribution in [2.24, 2.45) is 23.5 Å². The van der Waals surface area contributed by atoms with E-state index < -0.39 is 0 Å². The number of fused-ring (bicyclic) bond motifs is 3. The Morgan fingerprint density at radius 3 is 2.61 bits per heavy atom. The van der Waals surface area contributed by atoms with Gasteiger partial charge in [0.2, 0.25) is 5.91 Å². The second-order valence-electron chi connectivity index (χ2n) is 7.92. The molecule has 1 amide bonds. The van der Waals surface area contributed by atoms with Gasteiger partial charge in [0, 0.05) is 18.3 Å². The largest absolute Gasteiger partial charge is 0.352 e. The number of rotatable bonds is 4. The maximum Gasteiger partial charge on any atom is 0.225 e. The van der Waals surface area contributed by atoms with Gasteiger partial charge < -0.3 is 11.1 Å². The second kappa shape index (κ2) is 7.57. The van der Waals surface area contributed by atoms with Crippen LogP contribution in [0.5, 0.6) is 0 Å². The van der Waals surface area contributed by atoms with Gasteiger partial charge in [-0.1, -0.05) is 24.3 Å². The van der Waals surface area contributed by atoms with E-state index in [4.69, 9.17) is 5.73 Å². The Hall–Kier alpha value is -2.37. The molecule has 0 spiro atoms. The van der Waals surface area contributed by atoms with Crippen LogP contribution in [-0.2, 0) is 11.3 Å². The second-order valence-corrected chi connectivity index (χ2v) is 7.92. The Kier molecular flexibility index (Phi) is 5.13. The van der Waals surface area contributed by atoms with Crippen LogP contribution in [0.3, 0.4) is 0 Å². The molecule has 1 aromatic heterocycles. The number of nitrogens with two attached hydrogens (primary N) is 1. The lowest BCUT2D eigenvalue weighted by atomic mass is 9.84. The van der Waals surface area contributed by atoms with Crippen LogP contribution in [0.25, 0.3) is 16.7 Å². The molecule has 5 nitrogen and oxygen atoms in total. The summed E-state index contributed by atoms with van der Waals surface area (Å²) in [6, 6.07) is 16.4. The highest BCUT2D eigenvalue weighted by molar-refractivity contribution is 5.85. The third kappa shape index (κ3) is 3.19. The molecule has 1 heterocycles. The van der Waals surface area contributed by atoms with Gasteiger partial charge in [-0.2, -0.15) is 0 Å². The zero-order valence-electron chi connectivity index (χ0n) is 15.6. The number of carbonyl (C=O) groups excluding carboxylic acids is 1. The average Bonchev–Trinajstić information content (AvgIpc) is 3.41. The molecule has 4 unspecified atom stereocenters. The minimum absolute atomic E-state index is 0. The van der Waals surface area contributed by atoms with Crippen LogP contribution in [0.4, 0.5) is 0 Å². The summed E-state index contributed by atoms with van der Waals surface area (Å²) in [5, 5.41) is 3.10. The van der Waals surface area contributed by atoms with Crippen LogP contribution in [0.15, 0.2) is 54.9 Å². The zero-order valence-corrected chi connectivity index (χ0v) is 16.4. The highest BCUT2D eigenvalue weighted by atomic mass is 35.5. The van der Waals surface area contributed by atoms with Gasteiger partial charge in [-0.25, -0.2) is 4.98 Å². The van der Waals surface area contributed by atoms with Crippen LogP contribution in [0.2, 0.25) is 0 Å². The Balaban J connectivity index is 0.00000192. The van der Waals surface area contributed by atoms with Crippen molar-refractivity contribution in [1.82, 2.24) is 14.9 Å². The van der Waals surface area contributed by atoms with Crippen LogP contribution in [0, 0.1) is 17.8 Å². The van der Waals surface area contributed by atoms with Crippen LogP contribution in [0.1, 0.15) is 24.8 Å². The van der Waals surface area contributed by atoms with Gasteiger partial charge in [-0.05, 0) is 60.9 Å². The molecule has 2 aliphatic carbocycles. The van der Waals surface area contributed by atoms with Crippen LogP contribution in [-0.4, -0.2) is 21.5 Å². The molecule has 3 aromatic rings. The van der Waals surface area contributed by atoms with E-state index in [1.165, 1.54) is 6.42 Å². The first-order valence-electron chi connectivity index (χ1n) is 9.75. The van der Waals surface area contributed by atoms with Gasteiger partial charge in [0.05, 0.1) is 17.0 Å². The molecule has 28 heavy (non-hydrogen) atoms. The highest BCUT2D eigenvalue weighted by Gasteiger charge is 2.48. The fourth-order valence-corrected chi connectivity index (χ4v) is 4.97. The number of benzene rings is 2. The van der Waals surface area contributed by atoms with Crippen LogP contribution < -0.4 is 11.1 Å². The van der Waals surface area contributed by atoms with E-state index in [0.717, 1.165) is 35.1 Å². The Labute approximate surface area is 170 Å². The first-order chi connectivity index (χ1) is 13.2. The van der Waals surface area contributed by atoms with Gasteiger partial charge in [-0.15, -0.1) is 12.4 Å². The molecule has 0 saturated heterocycles. The minimum atomic E-state index is 0. The van der Waals surface area contributed by atoms with Crippen molar-refractivity contribution in [1.29, 1.82) is 0 Å². The predicted molar refractivity (Wildman–Crippen MR) is 112 cm³/mol. The van der Waals surface area contributed by atoms with Crippen molar-refractivity contribution in [3.05, 3.63) is 60.4 Å². The van der Waals surface area contributed by atoms with Gasteiger partial charge >= 0.3 is 0 Å². The van der Waals surface area contributed by atoms with E-state index >= 15 is 0 Å². The Bertz CT molecular complexity index is 982. The minimum Gasteiger partial charge on any atom is -0.352 e. The fraction of sp³-hybridized carbons (Fsp3) is 0.364. The monoisotopic (exact) mass is 396 g/mol. The molecule has 146 valence electrons. The van der Waals surface area contributed by atoms with E-state index in [9.17, 15) is 4.79 Å². The third-order valence-corrected chi connectivity index (χ3v) is 6.42.